The van der Waals surface area contributed by atoms with Gasteiger partial charge in [0.2, 0.25) is 31.6 Å². The fourth-order valence-corrected chi connectivity index (χ4v) is 7.54. The molecule has 0 saturated heterocycles. The summed E-state index contributed by atoms with van der Waals surface area (Å²) in [7, 11) is -9.43. The number of benzene rings is 2. The first kappa shape index (κ1) is 31.2. The van der Waals surface area contributed by atoms with E-state index in [-0.39, 0.29) is 45.2 Å². The molecule has 0 aromatic heterocycles. The summed E-state index contributed by atoms with van der Waals surface area (Å²) in [5, 5.41) is 0. The first-order valence-corrected chi connectivity index (χ1v) is 14.8. The third kappa shape index (κ3) is 6.70. The van der Waals surface area contributed by atoms with Gasteiger partial charge in [-0.2, -0.15) is 8.10 Å². The lowest BCUT2D eigenvalue weighted by Crippen LogP contribution is -2.40. The minimum Gasteiger partial charge on any atom is -0.456 e. The molecule has 0 spiro atoms. The highest BCUT2D eigenvalue weighted by Gasteiger charge is 2.38. The highest BCUT2D eigenvalue weighted by atomic mass is 32.3. The predicted molar refractivity (Wildman–Crippen MR) is 138 cm³/mol. The minimum atomic E-state index is -4.71. The van der Waals surface area contributed by atoms with Crippen molar-refractivity contribution in [3.63, 3.8) is 0 Å². The highest BCUT2D eigenvalue weighted by molar-refractivity contribution is 8.10. The summed E-state index contributed by atoms with van der Waals surface area (Å²) in [4.78, 5) is 12.7. The molecule has 0 amide bonds. The van der Waals surface area contributed by atoms with Crippen molar-refractivity contribution in [1.82, 2.24) is 0 Å². The largest absolute Gasteiger partial charge is 0.456 e. The summed E-state index contributed by atoms with van der Waals surface area (Å²) in [5.74, 6) is -9.41. The van der Waals surface area contributed by atoms with Crippen LogP contribution < -0.4 is 14.2 Å². The van der Waals surface area contributed by atoms with Crippen LogP contribution in [0.25, 0.3) is 0 Å². The molecule has 2 aromatic carbocycles. The molecule has 0 fully saturated rings. The quantitative estimate of drug-likeness (QED) is 0.235. The van der Waals surface area contributed by atoms with E-state index in [1.807, 2.05) is 0 Å². The maximum Gasteiger partial charge on any atom is 0.341 e. The number of nitrogen functional groups attached to an aromatic ring is 1. The Kier molecular flexibility index (Phi) is 9.36. The van der Waals surface area contributed by atoms with Crippen LogP contribution in [0.1, 0.15) is 63.4 Å². The van der Waals surface area contributed by atoms with Crippen LogP contribution in [-0.4, -0.2) is 39.9 Å². The van der Waals surface area contributed by atoms with E-state index in [4.69, 9.17) is 15.2 Å². The smallest absolute Gasteiger partial charge is 0.341 e. The number of rotatable bonds is 10. The summed E-state index contributed by atoms with van der Waals surface area (Å²) >= 11 is 0. The molecule has 9 nitrogen and oxygen atoms in total. The molecule has 14 heteroatoms. The molecule has 2 rings (SSSR count). The third-order valence-corrected chi connectivity index (χ3v) is 9.60. The van der Waals surface area contributed by atoms with Gasteiger partial charge in [0.15, 0.2) is 11.6 Å². The normalized spacial score (nSPS) is 12.3. The number of hydrogen-bond acceptors (Lipinski definition) is 8. The van der Waals surface area contributed by atoms with E-state index in [9.17, 15) is 30.4 Å². The zero-order valence-corrected chi connectivity index (χ0v) is 23.5. The van der Waals surface area contributed by atoms with Crippen LogP contribution in [0.2, 0.25) is 0 Å². The van der Waals surface area contributed by atoms with Crippen LogP contribution in [0.4, 0.5) is 24.5 Å². The first-order chi connectivity index (χ1) is 17.4. The number of ether oxygens (including phenoxy) is 2. The molecule has 38 heavy (non-hydrogen) atoms. The van der Waals surface area contributed by atoms with Gasteiger partial charge < -0.3 is 15.2 Å². The Bertz CT molecular complexity index is 1400. The molecule has 0 aliphatic carbocycles. The lowest BCUT2D eigenvalue weighted by Gasteiger charge is -2.25. The number of hydrogen-bond donors (Lipinski definition) is 1. The molecule has 2 N–H and O–H groups in total. The number of esters is 1. The Balaban J connectivity index is 2.77. The lowest BCUT2D eigenvalue weighted by atomic mass is 10.0. The highest BCUT2D eigenvalue weighted by Crippen LogP contribution is 2.40. The number of carbonyl (C=O) groups excluding carboxylic acids is 1. The third-order valence-electron chi connectivity index (χ3n) is 4.99. The van der Waals surface area contributed by atoms with Crippen molar-refractivity contribution in [2.45, 2.75) is 60.0 Å². The number of anilines is 2. The molecular weight excluding hydrogens is 549 g/mol. The van der Waals surface area contributed by atoms with Gasteiger partial charge in [-0.25, -0.2) is 30.4 Å². The molecule has 0 saturated carbocycles. The van der Waals surface area contributed by atoms with Gasteiger partial charge in [0.25, 0.3) is 0 Å². The Morgan fingerprint density at radius 1 is 0.974 bits per heavy atom. The Morgan fingerprint density at radius 3 is 1.97 bits per heavy atom. The number of carbonyl (C=O) groups is 1. The predicted octanol–water partition coefficient (Wildman–Crippen LogP) is 5.03. The minimum absolute atomic E-state index is 0.0158. The number of sulfonamides is 2. The second kappa shape index (κ2) is 11.4. The average Bonchev–Trinajstić information content (AvgIpc) is 2.74. The van der Waals surface area contributed by atoms with E-state index in [2.05, 4.69) is 0 Å². The van der Waals surface area contributed by atoms with Crippen molar-refractivity contribution in [1.29, 1.82) is 0 Å². The maximum atomic E-state index is 15.7. The van der Waals surface area contributed by atoms with Crippen LogP contribution >= 0.6 is 0 Å². The van der Waals surface area contributed by atoms with Crippen LogP contribution in [0.15, 0.2) is 18.2 Å². The van der Waals surface area contributed by atoms with Crippen LogP contribution in [-0.2, 0) is 24.8 Å². The van der Waals surface area contributed by atoms with Gasteiger partial charge in [-0.1, -0.05) is 13.8 Å². The van der Waals surface area contributed by atoms with Gasteiger partial charge in [0, 0.05) is 17.3 Å². The molecule has 0 aliphatic heterocycles. The molecule has 2 aromatic rings. The second-order valence-corrected chi connectivity index (χ2v) is 13.5. The Labute approximate surface area is 220 Å². The summed E-state index contributed by atoms with van der Waals surface area (Å²) in [6.45, 7) is 9.07. The van der Waals surface area contributed by atoms with Crippen LogP contribution in [0, 0.1) is 24.4 Å². The fraction of sp³-hybridized carbons (Fsp3) is 0.458. The number of nitrogens with zero attached hydrogens (tertiary/aromatic N) is 1. The first-order valence-electron chi connectivity index (χ1n) is 11.6. The van der Waals surface area contributed by atoms with Gasteiger partial charge in [-0.05, 0) is 52.7 Å². The number of halogens is 3. The zero-order valence-electron chi connectivity index (χ0n) is 21.9. The monoisotopic (exact) mass is 580 g/mol. The topological polar surface area (TPSA) is 133 Å². The number of nitrogens with two attached hydrogens (primary N) is 1. The van der Waals surface area contributed by atoms with E-state index >= 15 is 4.39 Å². The van der Waals surface area contributed by atoms with Crippen LogP contribution in [0.3, 0.4) is 0 Å². The van der Waals surface area contributed by atoms with Crippen molar-refractivity contribution >= 4 is 37.4 Å². The van der Waals surface area contributed by atoms with Crippen molar-refractivity contribution in [3.05, 3.63) is 46.8 Å². The molecule has 0 heterocycles. The van der Waals surface area contributed by atoms with E-state index in [0.717, 1.165) is 6.07 Å². The molecule has 0 atom stereocenters. The molecule has 0 bridgehead atoms. The zero-order chi connectivity index (χ0) is 29.2. The van der Waals surface area contributed by atoms with Gasteiger partial charge >= 0.3 is 5.97 Å². The average molecular weight is 581 g/mol. The van der Waals surface area contributed by atoms with E-state index in [1.54, 1.807) is 20.8 Å². The summed E-state index contributed by atoms with van der Waals surface area (Å²) in [6, 6.07) is 2.49. The van der Waals surface area contributed by atoms with E-state index in [0.29, 0.717) is 0 Å². The van der Waals surface area contributed by atoms with Crippen LogP contribution in [0.5, 0.6) is 11.5 Å². The molecule has 0 unspecified atom stereocenters. The van der Waals surface area contributed by atoms with E-state index < -0.39 is 72.0 Å². The molecule has 212 valence electrons. The van der Waals surface area contributed by atoms with Gasteiger partial charge in [0.1, 0.15) is 17.0 Å². The second-order valence-electron chi connectivity index (χ2n) is 9.42. The van der Waals surface area contributed by atoms with Gasteiger partial charge in [0.05, 0.1) is 17.1 Å². The molecule has 0 aliphatic rings. The summed E-state index contributed by atoms with van der Waals surface area (Å²) < 4.78 is 107. The lowest BCUT2D eigenvalue weighted by molar-refractivity contribution is 0.00696. The molecular formula is C24H31F3N2O7S2. The fourth-order valence-electron chi connectivity index (χ4n) is 3.48. The Morgan fingerprint density at radius 2 is 1.50 bits per heavy atom. The summed E-state index contributed by atoms with van der Waals surface area (Å²) in [5.41, 5.74) is 3.51. The Hall–Kier alpha value is -3.00. The SMILES string of the molecule is CCCS(=O)(=O)N(c1cc(F)c(F)c(Oc2ccc(N)c(C(=O)OC(C)(C)C)c2C)c1F)S(=O)(=O)CCC. The van der Waals surface area contributed by atoms with Crippen molar-refractivity contribution in [2.24, 2.45) is 0 Å². The van der Waals surface area contributed by atoms with Crippen molar-refractivity contribution in [2.75, 3.05) is 20.9 Å². The van der Waals surface area contributed by atoms with Gasteiger partial charge in [-0.15, -0.1) is 0 Å². The van der Waals surface area contributed by atoms with Crippen molar-refractivity contribution < 1.29 is 44.3 Å². The van der Waals surface area contributed by atoms with Gasteiger partial charge in [-0.3, -0.25) is 0 Å². The standard InChI is InChI=1S/C24H31F3N2O7S2/c1-7-11-37(31,32)29(38(33,34)12-8-2)17-13-15(25)20(26)22(21(17)27)35-18-10-9-16(28)19(14(18)3)23(30)36-24(4,5)6/h9-10,13H,7-8,11-12,28H2,1-6H3. The molecule has 0 radical (unpaired) electrons. The van der Waals surface area contributed by atoms with E-state index in [1.165, 1.54) is 26.8 Å². The summed E-state index contributed by atoms with van der Waals surface area (Å²) in [6.07, 6.45) is -0.0690. The maximum absolute atomic E-state index is 15.7. The van der Waals surface area contributed by atoms with Crippen molar-refractivity contribution in [3.8, 4) is 11.5 Å².